The number of carbonyl (C=O) groups is 1. The van der Waals surface area contributed by atoms with Crippen LogP contribution < -0.4 is 5.14 Å². The van der Waals surface area contributed by atoms with Crippen molar-refractivity contribution in [1.82, 2.24) is 0 Å². The summed E-state index contributed by atoms with van der Waals surface area (Å²) in [7, 11) is -7.73. The van der Waals surface area contributed by atoms with Gasteiger partial charge in [0.1, 0.15) is 8.42 Å². The molecule has 2 heterocycles. The van der Waals surface area contributed by atoms with Gasteiger partial charge in [0, 0.05) is 12.0 Å². The molecule has 1 aromatic heterocycles. The van der Waals surface area contributed by atoms with E-state index in [4.69, 9.17) is 5.14 Å². The minimum atomic E-state index is -4.02. The molecule has 1 aromatic rings. The lowest BCUT2D eigenvalue weighted by Gasteiger charge is -2.19. The number of fused-ring (bicyclic) bond motifs is 1. The van der Waals surface area contributed by atoms with Crippen molar-refractivity contribution in [2.75, 3.05) is 0 Å². The molecule has 1 atom stereocenters. The molecule has 0 fully saturated rings. The molecular formula is C10H11NO5S3. The number of carbonyl (C=O) groups excluding carboxylic acids is 1. The number of sulfonamides is 1. The van der Waals surface area contributed by atoms with Crippen molar-refractivity contribution in [3.05, 3.63) is 24.3 Å². The Hall–Kier alpha value is -1.03. The second kappa shape index (κ2) is 4.51. The molecule has 1 aliphatic heterocycles. The smallest absolute Gasteiger partial charge is 0.247 e. The number of nitrogens with two attached hydrogens (primary N) is 1. The molecule has 2 N–H and O–H groups in total. The molecule has 0 saturated heterocycles. The lowest BCUT2D eigenvalue weighted by molar-refractivity contribution is 0.0975. The molecule has 0 bridgehead atoms. The Labute approximate surface area is 114 Å². The Morgan fingerprint density at radius 2 is 2.16 bits per heavy atom. The van der Waals surface area contributed by atoms with E-state index in [1.54, 1.807) is 0 Å². The summed E-state index contributed by atoms with van der Waals surface area (Å²) in [5, 5.41) is 4.08. The van der Waals surface area contributed by atoms with Gasteiger partial charge in [-0.25, -0.2) is 22.0 Å². The van der Waals surface area contributed by atoms with Gasteiger partial charge in [0.25, 0.3) is 0 Å². The third-order valence-corrected chi connectivity index (χ3v) is 8.07. The first-order valence-corrected chi connectivity index (χ1v) is 9.13. The molecule has 19 heavy (non-hydrogen) atoms. The van der Waals surface area contributed by atoms with Gasteiger partial charge in [-0.1, -0.05) is 6.08 Å². The lowest BCUT2D eigenvalue weighted by Crippen LogP contribution is -2.29. The monoisotopic (exact) mass is 321 g/mol. The molecule has 0 aromatic carbocycles. The molecule has 1 unspecified atom stereocenters. The van der Waals surface area contributed by atoms with E-state index in [1.165, 1.54) is 6.08 Å². The first kappa shape index (κ1) is 14.4. The molecule has 0 saturated carbocycles. The normalized spacial score (nSPS) is 21.9. The van der Waals surface area contributed by atoms with Gasteiger partial charge in [-0.2, -0.15) is 0 Å². The quantitative estimate of drug-likeness (QED) is 0.824. The highest BCUT2D eigenvalue weighted by Crippen LogP contribution is 2.38. The van der Waals surface area contributed by atoms with Gasteiger partial charge in [0.2, 0.25) is 10.0 Å². The molecule has 6 nitrogen and oxygen atoms in total. The topological polar surface area (TPSA) is 111 Å². The van der Waals surface area contributed by atoms with Crippen LogP contribution >= 0.6 is 11.3 Å². The predicted octanol–water partition coefficient (Wildman–Crippen LogP) is 0.700. The van der Waals surface area contributed by atoms with Crippen LogP contribution in [0.3, 0.4) is 0 Å². The molecule has 9 heteroatoms. The third-order valence-electron chi connectivity index (χ3n) is 2.80. The number of rotatable bonds is 3. The van der Waals surface area contributed by atoms with Crippen molar-refractivity contribution in [3.63, 3.8) is 0 Å². The maximum absolute atomic E-state index is 12.3. The molecule has 0 radical (unpaired) electrons. The fraction of sp³-hybridized carbons (Fsp3) is 0.300. The van der Waals surface area contributed by atoms with Gasteiger partial charge >= 0.3 is 0 Å². The standard InChI is InChI=1S/C10H11NO5S3/c1-2-3-6-4-8(12)7-5-9(19(11,15)16)17-10(7)18(6,13)14/h2,5-6H,1,3-4H2,(H2,11,15,16). The molecule has 2 rings (SSSR count). The van der Waals surface area contributed by atoms with Gasteiger partial charge in [0.05, 0.1) is 5.25 Å². The molecule has 0 amide bonds. The first-order valence-electron chi connectivity index (χ1n) is 5.22. The van der Waals surface area contributed by atoms with Crippen LogP contribution in [0.1, 0.15) is 23.2 Å². The van der Waals surface area contributed by atoms with Crippen molar-refractivity contribution >= 4 is 37.0 Å². The number of hydrogen-bond donors (Lipinski definition) is 1. The van der Waals surface area contributed by atoms with E-state index in [9.17, 15) is 21.6 Å². The average molecular weight is 321 g/mol. The summed E-state index contributed by atoms with van der Waals surface area (Å²) in [4.78, 5) is 11.9. The van der Waals surface area contributed by atoms with E-state index in [0.717, 1.165) is 6.07 Å². The highest BCUT2D eigenvalue weighted by Gasteiger charge is 2.40. The number of primary sulfonamides is 1. The van der Waals surface area contributed by atoms with E-state index in [0.29, 0.717) is 11.3 Å². The Morgan fingerprint density at radius 3 is 2.68 bits per heavy atom. The van der Waals surface area contributed by atoms with E-state index in [-0.39, 0.29) is 32.6 Å². The van der Waals surface area contributed by atoms with Gasteiger partial charge < -0.3 is 0 Å². The maximum Gasteiger partial charge on any atom is 0.247 e. The first-order chi connectivity index (χ1) is 8.67. The summed E-state index contributed by atoms with van der Waals surface area (Å²) >= 11 is 0.527. The molecule has 104 valence electrons. The summed E-state index contributed by atoms with van der Waals surface area (Å²) in [6.45, 7) is 3.46. The van der Waals surface area contributed by atoms with Gasteiger partial charge in [-0.05, 0) is 12.5 Å². The van der Waals surface area contributed by atoms with E-state index >= 15 is 0 Å². The third kappa shape index (κ3) is 2.38. The zero-order valence-corrected chi connectivity index (χ0v) is 12.1. The molecule has 0 aliphatic carbocycles. The second-order valence-electron chi connectivity index (χ2n) is 4.13. The van der Waals surface area contributed by atoms with Crippen molar-refractivity contribution in [2.45, 2.75) is 26.5 Å². The zero-order valence-electron chi connectivity index (χ0n) is 9.70. The van der Waals surface area contributed by atoms with Crippen LogP contribution in [0.5, 0.6) is 0 Å². The number of sulfone groups is 1. The summed E-state index contributed by atoms with van der Waals surface area (Å²) in [6.07, 6.45) is 1.41. The van der Waals surface area contributed by atoms with Gasteiger partial charge in [-0.15, -0.1) is 17.9 Å². The SMILES string of the molecule is C=CCC1CC(=O)c2cc(S(N)(=O)=O)sc2S1(=O)=O. The fourth-order valence-electron chi connectivity index (χ4n) is 1.87. The molecule has 1 aliphatic rings. The number of thiophene rings is 1. The van der Waals surface area contributed by atoms with Crippen LogP contribution in [0.2, 0.25) is 0 Å². The number of Topliss-reactive ketones (excluding diaryl/α,β-unsaturated/α-hetero) is 1. The van der Waals surface area contributed by atoms with Crippen molar-refractivity contribution in [3.8, 4) is 0 Å². The van der Waals surface area contributed by atoms with Crippen LogP contribution in [0.25, 0.3) is 0 Å². The van der Waals surface area contributed by atoms with Crippen LogP contribution in [0.4, 0.5) is 0 Å². The molecule has 0 spiro atoms. The van der Waals surface area contributed by atoms with Crippen molar-refractivity contribution in [1.29, 1.82) is 0 Å². The van der Waals surface area contributed by atoms with E-state index in [2.05, 4.69) is 6.58 Å². The minimum Gasteiger partial charge on any atom is -0.294 e. The largest absolute Gasteiger partial charge is 0.294 e. The molecular weight excluding hydrogens is 310 g/mol. The van der Waals surface area contributed by atoms with Crippen molar-refractivity contribution in [2.24, 2.45) is 5.14 Å². The van der Waals surface area contributed by atoms with Gasteiger partial charge in [0.15, 0.2) is 15.6 Å². The van der Waals surface area contributed by atoms with Crippen LogP contribution in [-0.2, 0) is 19.9 Å². The van der Waals surface area contributed by atoms with Gasteiger partial charge in [-0.3, -0.25) is 4.79 Å². The average Bonchev–Trinajstić information content (AvgIpc) is 2.72. The number of ketones is 1. The van der Waals surface area contributed by atoms with E-state index in [1.807, 2.05) is 0 Å². The van der Waals surface area contributed by atoms with Crippen LogP contribution in [0, 0.1) is 0 Å². The Bertz CT molecular complexity index is 757. The number of allylic oxidation sites excluding steroid dienone is 1. The summed E-state index contributed by atoms with van der Waals surface area (Å²) in [6, 6.07) is 1.04. The van der Waals surface area contributed by atoms with Crippen LogP contribution in [0.15, 0.2) is 27.1 Å². The highest BCUT2D eigenvalue weighted by molar-refractivity contribution is 7.95. The summed E-state index contributed by atoms with van der Waals surface area (Å²) < 4.78 is 46.5. The lowest BCUT2D eigenvalue weighted by atomic mass is 10.1. The fourth-order valence-corrected chi connectivity index (χ4v) is 6.35. The Morgan fingerprint density at radius 1 is 1.53 bits per heavy atom. The number of hydrogen-bond acceptors (Lipinski definition) is 6. The van der Waals surface area contributed by atoms with Crippen LogP contribution in [-0.4, -0.2) is 27.9 Å². The Kier molecular flexibility index (Phi) is 3.42. The Balaban J connectivity index is 2.67. The zero-order chi connectivity index (χ0) is 14.4. The highest BCUT2D eigenvalue weighted by atomic mass is 32.3. The summed E-state index contributed by atoms with van der Waals surface area (Å²) in [5.41, 5.74) is -0.0747. The predicted molar refractivity (Wildman–Crippen MR) is 70.4 cm³/mol. The second-order valence-corrected chi connectivity index (χ2v) is 9.39. The van der Waals surface area contributed by atoms with E-state index < -0.39 is 25.1 Å². The maximum atomic E-state index is 12.3. The minimum absolute atomic E-state index is 0.0747. The summed E-state index contributed by atoms with van der Waals surface area (Å²) in [5.74, 6) is -0.386. The van der Waals surface area contributed by atoms with Crippen molar-refractivity contribution < 1.29 is 21.6 Å².